The van der Waals surface area contributed by atoms with Gasteiger partial charge in [0.1, 0.15) is 0 Å². The molecule has 0 radical (unpaired) electrons. The molecule has 2 fully saturated rings. The number of nitro groups is 1. The highest BCUT2D eigenvalue weighted by Gasteiger charge is 2.23. The highest BCUT2D eigenvalue weighted by molar-refractivity contribution is 6.08. The zero-order valence-electron chi connectivity index (χ0n) is 17.8. The van der Waals surface area contributed by atoms with Gasteiger partial charge in [-0.25, -0.2) is 0 Å². The lowest BCUT2D eigenvalue weighted by Gasteiger charge is -2.35. The smallest absolute Gasteiger partial charge is 0.270 e. The van der Waals surface area contributed by atoms with Gasteiger partial charge in [0, 0.05) is 49.2 Å². The van der Waals surface area contributed by atoms with E-state index in [0.29, 0.717) is 49.3 Å². The number of nitrogens with zero attached hydrogens (tertiary/aromatic N) is 3. The molecule has 0 spiro atoms. The Balaban J connectivity index is 1.54. The number of nitro benzene ring substituents is 1. The second-order valence-electron chi connectivity index (χ2n) is 8.10. The molecule has 1 N–H and O–H groups in total. The Kier molecular flexibility index (Phi) is 6.36. The molecule has 4 rings (SSSR count). The summed E-state index contributed by atoms with van der Waals surface area (Å²) in [4.78, 5) is 28.3. The van der Waals surface area contributed by atoms with Crippen LogP contribution in [0.1, 0.15) is 36.5 Å². The Morgan fingerprint density at radius 3 is 2.52 bits per heavy atom. The number of piperidine rings is 1. The van der Waals surface area contributed by atoms with Gasteiger partial charge < -0.3 is 19.9 Å². The van der Waals surface area contributed by atoms with Crippen molar-refractivity contribution in [3.8, 4) is 0 Å². The molecular weight excluding hydrogens is 396 g/mol. The molecule has 2 aliphatic heterocycles. The molecule has 2 saturated heterocycles. The maximum atomic E-state index is 13.1. The van der Waals surface area contributed by atoms with E-state index in [1.165, 1.54) is 31.4 Å². The fourth-order valence-electron chi connectivity index (χ4n) is 4.32. The van der Waals surface area contributed by atoms with Crippen molar-refractivity contribution in [3.63, 3.8) is 0 Å². The lowest BCUT2D eigenvalue weighted by atomic mass is 10.0. The first-order valence-corrected chi connectivity index (χ1v) is 10.8. The monoisotopic (exact) mass is 424 g/mol. The summed E-state index contributed by atoms with van der Waals surface area (Å²) in [6.45, 7) is 5.69. The predicted octanol–water partition coefficient (Wildman–Crippen LogP) is 4.06. The molecule has 0 aliphatic carbocycles. The SMILES string of the molecule is C[C@@H]1CCCCN1c1ccc(NC(=O)c2cc([N+](=O)[O-])ccc2N2CCOCC2)cc1. The van der Waals surface area contributed by atoms with Gasteiger partial charge in [0.05, 0.1) is 29.4 Å². The van der Waals surface area contributed by atoms with Gasteiger partial charge >= 0.3 is 0 Å². The molecule has 31 heavy (non-hydrogen) atoms. The Morgan fingerprint density at radius 1 is 1.10 bits per heavy atom. The third kappa shape index (κ3) is 4.80. The van der Waals surface area contributed by atoms with Crippen molar-refractivity contribution < 1.29 is 14.5 Å². The van der Waals surface area contributed by atoms with E-state index in [2.05, 4.69) is 17.1 Å². The number of amides is 1. The average Bonchev–Trinajstić information content (AvgIpc) is 2.80. The van der Waals surface area contributed by atoms with Gasteiger partial charge in [0.2, 0.25) is 0 Å². The van der Waals surface area contributed by atoms with Crippen LogP contribution in [0.5, 0.6) is 0 Å². The maximum absolute atomic E-state index is 13.1. The minimum atomic E-state index is -0.478. The van der Waals surface area contributed by atoms with Crippen molar-refractivity contribution in [3.05, 3.63) is 58.1 Å². The summed E-state index contributed by atoms with van der Waals surface area (Å²) in [5, 5.41) is 14.2. The topological polar surface area (TPSA) is 88.0 Å². The molecule has 0 aromatic heterocycles. The third-order valence-electron chi connectivity index (χ3n) is 6.05. The number of carbonyl (C=O) groups excluding carboxylic acids is 1. The van der Waals surface area contributed by atoms with Crippen molar-refractivity contribution in [2.24, 2.45) is 0 Å². The van der Waals surface area contributed by atoms with Gasteiger partial charge in [-0.2, -0.15) is 0 Å². The molecule has 2 aromatic rings. The van der Waals surface area contributed by atoms with Gasteiger partial charge in [0.15, 0.2) is 0 Å². The van der Waals surface area contributed by atoms with Crippen LogP contribution in [0.4, 0.5) is 22.7 Å². The summed E-state index contributed by atoms with van der Waals surface area (Å²) in [5.74, 6) is -0.357. The normalized spacial score (nSPS) is 19.2. The van der Waals surface area contributed by atoms with Crippen LogP contribution in [0, 0.1) is 10.1 Å². The minimum absolute atomic E-state index is 0.100. The predicted molar refractivity (Wildman–Crippen MR) is 121 cm³/mol. The number of anilines is 3. The van der Waals surface area contributed by atoms with E-state index >= 15 is 0 Å². The zero-order valence-corrected chi connectivity index (χ0v) is 17.8. The third-order valence-corrected chi connectivity index (χ3v) is 6.05. The Hall–Kier alpha value is -3.13. The van der Waals surface area contributed by atoms with Crippen molar-refractivity contribution >= 4 is 28.7 Å². The van der Waals surface area contributed by atoms with Crippen LogP contribution in [0.15, 0.2) is 42.5 Å². The van der Waals surface area contributed by atoms with Crippen molar-refractivity contribution in [1.29, 1.82) is 0 Å². The molecule has 0 unspecified atom stereocenters. The number of rotatable bonds is 5. The Morgan fingerprint density at radius 2 is 1.84 bits per heavy atom. The number of nitrogens with one attached hydrogen (secondary N) is 1. The summed E-state index contributed by atoms with van der Waals surface area (Å²) in [5.41, 5.74) is 2.69. The van der Waals surface area contributed by atoms with Crippen molar-refractivity contribution in [1.82, 2.24) is 0 Å². The van der Waals surface area contributed by atoms with Crippen LogP contribution < -0.4 is 15.1 Å². The first-order chi connectivity index (χ1) is 15.0. The van der Waals surface area contributed by atoms with E-state index in [-0.39, 0.29) is 11.6 Å². The number of hydrogen-bond acceptors (Lipinski definition) is 6. The van der Waals surface area contributed by atoms with Crippen LogP contribution >= 0.6 is 0 Å². The quantitative estimate of drug-likeness (QED) is 0.575. The second-order valence-corrected chi connectivity index (χ2v) is 8.10. The second kappa shape index (κ2) is 9.34. The van der Waals surface area contributed by atoms with Gasteiger partial charge in [-0.3, -0.25) is 14.9 Å². The molecule has 2 heterocycles. The van der Waals surface area contributed by atoms with Gasteiger partial charge in [-0.05, 0) is 56.5 Å². The molecule has 1 atom stereocenters. The van der Waals surface area contributed by atoms with Crippen LogP contribution in [0.25, 0.3) is 0 Å². The molecule has 164 valence electrons. The number of non-ortho nitro benzene ring substituents is 1. The molecule has 8 nitrogen and oxygen atoms in total. The minimum Gasteiger partial charge on any atom is -0.378 e. The summed E-state index contributed by atoms with van der Waals surface area (Å²) in [7, 11) is 0. The average molecular weight is 425 g/mol. The lowest BCUT2D eigenvalue weighted by molar-refractivity contribution is -0.384. The number of morpholine rings is 1. The summed E-state index contributed by atoms with van der Waals surface area (Å²) in [6.07, 6.45) is 3.65. The van der Waals surface area contributed by atoms with Gasteiger partial charge in [-0.15, -0.1) is 0 Å². The van der Waals surface area contributed by atoms with Gasteiger partial charge in [-0.1, -0.05) is 0 Å². The zero-order chi connectivity index (χ0) is 21.8. The Labute approximate surface area is 181 Å². The molecular formula is C23H28N4O4. The lowest BCUT2D eigenvalue weighted by Crippen LogP contribution is -2.37. The number of benzene rings is 2. The van der Waals surface area contributed by atoms with Crippen LogP contribution in [-0.4, -0.2) is 49.7 Å². The molecule has 8 heteroatoms. The van der Waals surface area contributed by atoms with E-state index in [4.69, 9.17) is 4.74 Å². The first kappa shape index (κ1) is 21.1. The van der Waals surface area contributed by atoms with E-state index in [1.807, 2.05) is 29.2 Å². The summed E-state index contributed by atoms with van der Waals surface area (Å²) >= 11 is 0. The van der Waals surface area contributed by atoms with Gasteiger partial charge in [0.25, 0.3) is 11.6 Å². The first-order valence-electron chi connectivity index (χ1n) is 10.8. The van der Waals surface area contributed by atoms with Crippen LogP contribution in [0.2, 0.25) is 0 Å². The fourth-order valence-corrected chi connectivity index (χ4v) is 4.32. The Bertz CT molecular complexity index is 941. The highest BCUT2D eigenvalue weighted by atomic mass is 16.6. The molecule has 2 aliphatic rings. The van der Waals surface area contributed by atoms with Crippen molar-refractivity contribution in [2.45, 2.75) is 32.2 Å². The number of carbonyl (C=O) groups is 1. The van der Waals surface area contributed by atoms with E-state index in [9.17, 15) is 14.9 Å². The van der Waals surface area contributed by atoms with Crippen molar-refractivity contribution in [2.75, 3.05) is 48.0 Å². The molecule has 1 amide bonds. The summed E-state index contributed by atoms with van der Waals surface area (Å²) in [6, 6.07) is 12.8. The largest absolute Gasteiger partial charge is 0.378 e. The van der Waals surface area contributed by atoms with Crippen LogP contribution in [0.3, 0.4) is 0 Å². The fraction of sp³-hybridized carbons (Fsp3) is 0.435. The van der Waals surface area contributed by atoms with E-state index in [1.54, 1.807) is 6.07 Å². The maximum Gasteiger partial charge on any atom is 0.270 e. The van der Waals surface area contributed by atoms with E-state index in [0.717, 1.165) is 12.2 Å². The number of hydrogen-bond donors (Lipinski definition) is 1. The number of ether oxygens (including phenoxy) is 1. The molecule has 0 saturated carbocycles. The van der Waals surface area contributed by atoms with Crippen LogP contribution in [-0.2, 0) is 4.74 Å². The highest BCUT2D eigenvalue weighted by Crippen LogP contribution is 2.29. The molecule has 2 aromatic carbocycles. The standard InChI is InChI=1S/C23H28N4O4/c1-17-4-2-3-11-26(17)19-7-5-18(6-8-19)24-23(28)21-16-20(27(29)30)9-10-22(21)25-12-14-31-15-13-25/h5-10,16-17H,2-4,11-15H2,1H3,(H,24,28)/t17-/m1/s1. The molecule has 0 bridgehead atoms. The van der Waals surface area contributed by atoms with E-state index < -0.39 is 4.92 Å². The summed E-state index contributed by atoms with van der Waals surface area (Å²) < 4.78 is 5.39.